The summed E-state index contributed by atoms with van der Waals surface area (Å²) in [6.45, 7) is 2.39. The molecule has 9 heteroatoms. The molecule has 0 saturated carbocycles. The molecule has 10 rings (SSSR count). The summed E-state index contributed by atoms with van der Waals surface area (Å²) in [5, 5.41) is 0. The van der Waals surface area contributed by atoms with Crippen molar-refractivity contribution in [2.45, 2.75) is 24.2 Å². The van der Waals surface area contributed by atoms with Crippen LogP contribution in [0.3, 0.4) is 0 Å². The molecule has 4 saturated heterocycles. The third-order valence-electron chi connectivity index (χ3n) is 7.99. The summed E-state index contributed by atoms with van der Waals surface area (Å²) in [6, 6.07) is 20.8. The van der Waals surface area contributed by atoms with Crippen LogP contribution in [0.1, 0.15) is 46.4 Å². The Morgan fingerprint density at radius 3 is 1.17 bits per heavy atom. The van der Waals surface area contributed by atoms with Gasteiger partial charge in [0.25, 0.3) is 0 Å². The first-order valence-corrected chi connectivity index (χ1v) is 14.2. The molecule has 6 bridgehead atoms. The topological polar surface area (TPSA) is 49.9 Å². The normalized spacial score (nSPS) is 32.0. The predicted molar refractivity (Wildman–Crippen MR) is 117 cm³/mol. The minimum absolute atomic E-state index is 0.0777. The van der Waals surface area contributed by atoms with Gasteiger partial charge in [-0.2, -0.15) is 0 Å². The number of hydrogen-bond donors (Lipinski definition) is 0. The van der Waals surface area contributed by atoms with Gasteiger partial charge in [-0.05, 0) is 0 Å². The first-order valence-electron chi connectivity index (χ1n) is 11.9. The number of ether oxygens (including phenoxy) is 4. The average Bonchev–Trinajstić information content (AvgIpc) is 3.69. The monoisotopic (exact) mass is 645 g/mol. The van der Waals surface area contributed by atoms with Crippen molar-refractivity contribution in [3.63, 3.8) is 0 Å². The Morgan fingerprint density at radius 2 is 0.857 bits per heavy atom. The molecule has 8 nitrogen and oxygen atoms in total. The van der Waals surface area contributed by atoms with E-state index in [1.807, 2.05) is 0 Å². The van der Waals surface area contributed by atoms with Crippen LogP contribution in [0.4, 0.5) is 0 Å². The fourth-order valence-electron chi connectivity index (χ4n) is 6.37. The van der Waals surface area contributed by atoms with Gasteiger partial charge in [0, 0.05) is 0 Å². The Morgan fingerprint density at radius 1 is 0.543 bits per heavy atom. The fourth-order valence-corrected chi connectivity index (χ4v) is 10.3. The molecular weight excluding hydrogens is 627 g/mol. The van der Waals surface area contributed by atoms with Gasteiger partial charge in [-0.3, -0.25) is 0 Å². The van der Waals surface area contributed by atoms with Gasteiger partial charge < -0.3 is 0 Å². The molecule has 0 radical (unpaired) electrons. The molecule has 0 aliphatic carbocycles. The van der Waals surface area contributed by atoms with E-state index < -0.39 is 17.6 Å². The molecule has 178 valence electrons. The van der Waals surface area contributed by atoms with E-state index in [1.54, 1.807) is 0 Å². The molecule has 2 aromatic rings. The van der Waals surface area contributed by atoms with Crippen LogP contribution in [0.15, 0.2) is 59.9 Å². The van der Waals surface area contributed by atoms with E-state index in [9.17, 15) is 0 Å². The summed E-state index contributed by atoms with van der Waals surface area (Å²) in [5.41, 5.74) is 4.60. The van der Waals surface area contributed by atoms with Crippen molar-refractivity contribution in [3.05, 3.63) is 94.3 Å². The summed E-state index contributed by atoms with van der Waals surface area (Å²) in [4.78, 5) is 9.57. The standard InChI is InChI=1S/C26H18N4O4.Pt/c1-3-15-7-16(4-1)20-10-32-24-26-30(14-28(20)24)22(12-34-26)18-6-2-5-17(8-18)21-11-33-25-23-27(13-29(21)25)19(15)9-31-23;/h1-6,19-22H,9-12H2;/q-2;. The van der Waals surface area contributed by atoms with E-state index in [-0.39, 0.29) is 24.2 Å². The van der Waals surface area contributed by atoms with Crippen LogP contribution >= 0.6 is 0 Å². The van der Waals surface area contributed by atoms with Crippen LogP contribution in [-0.2, 0) is 36.6 Å². The predicted octanol–water partition coefficient (Wildman–Crippen LogP) is 2.05. The summed E-state index contributed by atoms with van der Waals surface area (Å²) < 4.78 is 28.0. The van der Waals surface area contributed by atoms with Gasteiger partial charge in [0.05, 0.1) is 0 Å². The zero-order valence-electron chi connectivity index (χ0n) is 18.3. The molecule has 35 heavy (non-hydrogen) atoms. The summed E-state index contributed by atoms with van der Waals surface area (Å²) in [5.74, 6) is 3.38. The molecule has 4 unspecified atom stereocenters. The molecular formula is C26H18N4O4Pt-2. The van der Waals surface area contributed by atoms with Gasteiger partial charge in [-0.15, -0.1) is 0 Å². The first-order chi connectivity index (χ1) is 17.3. The van der Waals surface area contributed by atoms with Crippen molar-refractivity contribution in [3.8, 4) is 0 Å². The number of rotatable bonds is 0. The van der Waals surface area contributed by atoms with Gasteiger partial charge >= 0.3 is 209 Å². The molecule has 8 aliphatic heterocycles. The van der Waals surface area contributed by atoms with Crippen LogP contribution in [0, 0.1) is 12.1 Å². The SMILES string of the molecule is [c-]1c2cccc1C1COC3=C4OCC5c6[c-]c(ccc6)C6COC7=C8OCC2N8[C](=[Pt]=[C](N31)N45)N76. The molecule has 4 atom stereocenters. The van der Waals surface area contributed by atoms with Crippen molar-refractivity contribution in [1.82, 2.24) is 19.6 Å². The van der Waals surface area contributed by atoms with Gasteiger partial charge in [-0.1, -0.05) is 0 Å². The van der Waals surface area contributed by atoms with Crippen LogP contribution in [0.5, 0.6) is 0 Å². The molecule has 8 aliphatic rings. The summed E-state index contributed by atoms with van der Waals surface area (Å²) in [6.07, 6.45) is 0. The number of hydrogen-bond acceptors (Lipinski definition) is 8. The molecule has 0 N–H and O–H groups in total. The van der Waals surface area contributed by atoms with E-state index in [0.29, 0.717) is 26.4 Å². The minimum atomic E-state index is -0.676. The molecule has 4 fully saturated rings. The summed E-state index contributed by atoms with van der Waals surface area (Å²) >= 11 is -0.676. The fraction of sp³-hybridized carbons (Fsp3) is 0.308. The quantitative estimate of drug-likeness (QED) is 0.404. The van der Waals surface area contributed by atoms with Crippen LogP contribution < -0.4 is 0 Å². The Kier molecular flexibility index (Phi) is 3.06. The maximum absolute atomic E-state index is 6.36. The van der Waals surface area contributed by atoms with Crippen molar-refractivity contribution in [2.75, 3.05) is 26.4 Å². The third kappa shape index (κ3) is 2.00. The van der Waals surface area contributed by atoms with Crippen molar-refractivity contribution >= 4 is 8.29 Å². The zero-order chi connectivity index (χ0) is 22.4. The van der Waals surface area contributed by atoms with Gasteiger partial charge in [0.1, 0.15) is 0 Å². The van der Waals surface area contributed by atoms with E-state index in [1.165, 1.54) is 8.29 Å². The second-order valence-corrected chi connectivity index (χ2v) is 12.3. The number of benzene rings is 2. The van der Waals surface area contributed by atoms with Crippen molar-refractivity contribution in [1.29, 1.82) is 0 Å². The van der Waals surface area contributed by atoms with Gasteiger partial charge in [0.15, 0.2) is 0 Å². The Hall–Kier alpha value is -3.25. The van der Waals surface area contributed by atoms with Crippen molar-refractivity contribution < 1.29 is 36.6 Å². The Labute approximate surface area is 209 Å². The van der Waals surface area contributed by atoms with Crippen LogP contribution in [-0.4, -0.2) is 54.3 Å². The van der Waals surface area contributed by atoms with E-state index in [2.05, 4.69) is 68.1 Å². The van der Waals surface area contributed by atoms with Crippen LogP contribution in [0.2, 0.25) is 0 Å². The first kappa shape index (κ1) is 18.1. The molecule has 8 heterocycles. The molecule has 0 spiro atoms. The second kappa shape index (κ2) is 5.93. The zero-order valence-corrected chi connectivity index (χ0v) is 20.6. The maximum atomic E-state index is 6.36. The molecule has 0 amide bonds. The third-order valence-corrected chi connectivity index (χ3v) is 11.2. The Balaban J connectivity index is 1.35. The van der Waals surface area contributed by atoms with Gasteiger partial charge in [-0.25, -0.2) is 0 Å². The van der Waals surface area contributed by atoms with Crippen molar-refractivity contribution in [2.24, 2.45) is 0 Å². The second-order valence-electron chi connectivity index (χ2n) is 9.69. The van der Waals surface area contributed by atoms with E-state index >= 15 is 0 Å². The average molecular weight is 646 g/mol. The molecule has 2 aromatic carbocycles. The summed E-state index contributed by atoms with van der Waals surface area (Å²) in [7, 11) is 0. The Bertz CT molecular complexity index is 1320. The number of fused-ring (bicyclic) bond motifs is 8. The van der Waals surface area contributed by atoms with Crippen LogP contribution in [0.25, 0.3) is 0 Å². The van der Waals surface area contributed by atoms with Gasteiger partial charge in [0.2, 0.25) is 0 Å². The van der Waals surface area contributed by atoms with E-state index in [4.69, 9.17) is 18.9 Å². The number of nitrogens with zero attached hydrogens (tertiary/aromatic N) is 4. The van der Waals surface area contributed by atoms with E-state index in [0.717, 1.165) is 45.8 Å². The molecule has 0 aromatic heterocycles.